The molecule has 0 N–H and O–H groups in total. The SMILES string of the molecule is CCCCCc1cc(Br)cc2c1CC=C2. The van der Waals surface area contributed by atoms with Crippen molar-refractivity contribution < 1.29 is 0 Å². The fourth-order valence-electron chi connectivity index (χ4n) is 2.21. The number of rotatable bonds is 4. The smallest absolute Gasteiger partial charge is 0.0184 e. The van der Waals surface area contributed by atoms with Crippen molar-refractivity contribution in [1.29, 1.82) is 0 Å². The summed E-state index contributed by atoms with van der Waals surface area (Å²) in [6.45, 7) is 2.26. The highest BCUT2D eigenvalue weighted by Crippen LogP contribution is 2.28. The van der Waals surface area contributed by atoms with E-state index in [0.717, 1.165) is 6.42 Å². The molecule has 0 aliphatic heterocycles. The Morgan fingerprint density at radius 3 is 2.93 bits per heavy atom. The number of aryl methyl sites for hydroxylation is 1. The predicted molar refractivity (Wildman–Crippen MR) is 70.1 cm³/mol. The molecular formula is C14H17Br. The first-order valence-electron chi connectivity index (χ1n) is 5.79. The molecule has 15 heavy (non-hydrogen) atoms. The van der Waals surface area contributed by atoms with Gasteiger partial charge < -0.3 is 0 Å². The van der Waals surface area contributed by atoms with Crippen molar-refractivity contribution in [3.8, 4) is 0 Å². The molecule has 0 spiro atoms. The maximum absolute atomic E-state index is 3.59. The minimum absolute atomic E-state index is 1.13. The summed E-state index contributed by atoms with van der Waals surface area (Å²) in [4.78, 5) is 0. The van der Waals surface area contributed by atoms with Crippen LogP contribution in [-0.2, 0) is 12.8 Å². The van der Waals surface area contributed by atoms with Crippen molar-refractivity contribution >= 4 is 22.0 Å². The lowest BCUT2D eigenvalue weighted by molar-refractivity contribution is 0.714. The van der Waals surface area contributed by atoms with E-state index < -0.39 is 0 Å². The zero-order chi connectivity index (χ0) is 10.7. The van der Waals surface area contributed by atoms with Crippen LogP contribution in [0, 0.1) is 0 Å². The van der Waals surface area contributed by atoms with Crippen LogP contribution < -0.4 is 0 Å². The molecule has 1 aliphatic carbocycles. The molecule has 0 fully saturated rings. The maximum atomic E-state index is 3.59. The molecule has 0 nitrogen and oxygen atoms in total. The molecule has 0 amide bonds. The normalized spacial score (nSPS) is 13.2. The van der Waals surface area contributed by atoms with Gasteiger partial charge in [0, 0.05) is 4.47 Å². The first-order valence-corrected chi connectivity index (χ1v) is 6.58. The molecule has 80 valence electrons. The highest BCUT2D eigenvalue weighted by atomic mass is 79.9. The van der Waals surface area contributed by atoms with E-state index in [1.54, 1.807) is 5.56 Å². The minimum Gasteiger partial charge on any atom is -0.0795 e. The van der Waals surface area contributed by atoms with Crippen LogP contribution >= 0.6 is 15.9 Å². The molecule has 0 radical (unpaired) electrons. The van der Waals surface area contributed by atoms with Gasteiger partial charge in [-0.1, -0.05) is 47.8 Å². The Balaban J connectivity index is 2.17. The number of benzene rings is 1. The molecule has 0 saturated heterocycles. The van der Waals surface area contributed by atoms with Crippen LogP contribution in [0.5, 0.6) is 0 Å². The molecule has 0 aromatic heterocycles. The minimum atomic E-state index is 1.13. The first kappa shape index (κ1) is 10.9. The van der Waals surface area contributed by atoms with Crippen molar-refractivity contribution in [1.82, 2.24) is 0 Å². The molecule has 1 aromatic rings. The van der Waals surface area contributed by atoms with Gasteiger partial charge in [-0.15, -0.1) is 0 Å². The van der Waals surface area contributed by atoms with Crippen molar-refractivity contribution in [3.05, 3.63) is 39.4 Å². The summed E-state index contributed by atoms with van der Waals surface area (Å²) in [7, 11) is 0. The Hall–Kier alpha value is -0.560. The molecule has 0 bridgehead atoms. The van der Waals surface area contributed by atoms with Crippen LogP contribution in [0.1, 0.15) is 42.9 Å². The molecule has 1 heteroatoms. The Morgan fingerprint density at radius 2 is 2.13 bits per heavy atom. The fraction of sp³-hybridized carbons (Fsp3) is 0.429. The topological polar surface area (TPSA) is 0 Å². The van der Waals surface area contributed by atoms with Gasteiger partial charge in [-0.3, -0.25) is 0 Å². The quantitative estimate of drug-likeness (QED) is 0.689. The standard InChI is InChI=1S/C14H17Br/c1-2-3-4-6-11-9-13(15)10-12-7-5-8-14(11)12/h5,7,9-10H,2-4,6,8H2,1H3. The summed E-state index contributed by atoms with van der Waals surface area (Å²) < 4.78 is 1.22. The highest BCUT2D eigenvalue weighted by molar-refractivity contribution is 9.10. The summed E-state index contributed by atoms with van der Waals surface area (Å²) in [5.74, 6) is 0. The molecule has 0 saturated carbocycles. The van der Waals surface area contributed by atoms with Crippen molar-refractivity contribution in [2.24, 2.45) is 0 Å². The van der Waals surface area contributed by atoms with Gasteiger partial charge in [-0.2, -0.15) is 0 Å². The van der Waals surface area contributed by atoms with Crippen LogP contribution in [0.4, 0.5) is 0 Å². The van der Waals surface area contributed by atoms with Gasteiger partial charge in [0.05, 0.1) is 0 Å². The third kappa shape index (κ3) is 2.52. The average Bonchev–Trinajstić information content (AvgIpc) is 2.65. The summed E-state index contributed by atoms with van der Waals surface area (Å²) in [5, 5.41) is 0. The second kappa shape index (κ2) is 4.98. The van der Waals surface area contributed by atoms with Crippen LogP contribution in [0.2, 0.25) is 0 Å². The summed E-state index contributed by atoms with van der Waals surface area (Å²) in [5.41, 5.74) is 4.50. The lowest BCUT2D eigenvalue weighted by Gasteiger charge is -2.09. The number of fused-ring (bicyclic) bond motifs is 1. The van der Waals surface area contributed by atoms with Gasteiger partial charge in [-0.05, 0) is 48.1 Å². The number of allylic oxidation sites excluding steroid dienone is 1. The summed E-state index contributed by atoms with van der Waals surface area (Å²) >= 11 is 3.59. The van der Waals surface area contributed by atoms with Gasteiger partial charge in [0.1, 0.15) is 0 Å². The van der Waals surface area contributed by atoms with Gasteiger partial charge in [0.25, 0.3) is 0 Å². The first-order chi connectivity index (χ1) is 7.31. The highest BCUT2D eigenvalue weighted by Gasteiger charge is 2.10. The molecule has 0 unspecified atom stereocenters. The maximum Gasteiger partial charge on any atom is 0.0184 e. The van der Waals surface area contributed by atoms with Crippen LogP contribution in [-0.4, -0.2) is 0 Å². The van der Waals surface area contributed by atoms with E-state index in [4.69, 9.17) is 0 Å². The lowest BCUT2D eigenvalue weighted by Crippen LogP contribution is -1.94. The Morgan fingerprint density at radius 1 is 1.27 bits per heavy atom. The fourth-order valence-corrected chi connectivity index (χ4v) is 2.73. The van der Waals surface area contributed by atoms with E-state index in [9.17, 15) is 0 Å². The van der Waals surface area contributed by atoms with Crippen molar-refractivity contribution in [2.45, 2.75) is 39.0 Å². The number of hydrogen-bond donors (Lipinski definition) is 0. The van der Waals surface area contributed by atoms with Crippen molar-refractivity contribution in [3.63, 3.8) is 0 Å². The molecular weight excluding hydrogens is 248 g/mol. The number of halogens is 1. The van der Waals surface area contributed by atoms with Crippen LogP contribution in [0.25, 0.3) is 6.08 Å². The van der Waals surface area contributed by atoms with Crippen LogP contribution in [0.3, 0.4) is 0 Å². The zero-order valence-electron chi connectivity index (χ0n) is 9.22. The number of unbranched alkanes of at least 4 members (excludes halogenated alkanes) is 2. The third-order valence-electron chi connectivity index (χ3n) is 3.01. The molecule has 0 heterocycles. The zero-order valence-corrected chi connectivity index (χ0v) is 10.8. The summed E-state index contributed by atoms with van der Waals surface area (Å²) in [6, 6.07) is 4.52. The summed E-state index contributed by atoms with van der Waals surface area (Å²) in [6.07, 6.45) is 10.8. The second-order valence-corrected chi connectivity index (χ2v) is 5.11. The second-order valence-electron chi connectivity index (χ2n) is 4.20. The van der Waals surface area contributed by atoms with Gasteiger partial charge >= 0.3 is 0 Å². The van der Waals surface area contributed by atoms with E-state index in [0.29, 0.717) is 0 Å². The Kier molecular flexibility index (Phi) is 3.63. The lowest BCUT2D eigenvalue weighted by atomic mass is 9.98. The molecule has 1 aliphatic rings. The Labute approximate surface area is 101 Å². The van der Waals surface area contributed by atoms with Gasteiger partial charge in [0.2, 0.25) is 0 Å². The van der Waals surface area contributed by atoms with Crippen molar-refractivity contribution in [2.75, 3.05) is 0 Å². The number of hydrogen-bond acceptors (Lipinski definition) is 0. The van der Waals surface area contributed by atoms with E-state index in [1.807, 2.05) is 0 Å². The van der Waals surface area contributed by atoms with E-state index in [-0.39, 0.29) is 0 Å². The predicted octanol–water partition coefficient (Wildman–Crippen LogP) is 4.75. The molecule has 0 atom stereocenters. The van der Waals surface area contributed by atoms with E-state index in [1.165, 1.54) is 41.3 Å². The van der Waals surface area contributed by atoms with E-state index >= 15 is 0 Å². The third-order valence-corrected chi connectivity index (χ3v) is 3.47. The van der Waals surface area contributed by atoms with Gasteiger partial charge in [0.15, 0.2) is 0 Å². The van der Waals surface area contributed by atoms with E-state index in [2.05, 4.69) is 47.1 Å². The average molecular weight is 265 g/mol. The van der Waals surface area contributed by atoms with Gasteiger partial charge in [-0.25, -0.2) is 0 Å². The molecule has 2 rings (SSSR count). The van der Waals surface area contributed by atoms with Crippen LogP contribution in [0.15, 0.2) is 22.7 Å². The largest absolute Gasteiger partial charge is 0.0795 e. The molecule has 1 aromatic carbocycles. The Bertz CT molecular complexity index is 377. The monoisotopic (exact) mass is 264 g/mol.